The lowest BCUT2D eigenvalue weighted by molar-refractivity contribution is 0.0240. The molecule has 0 aromatic heterocycles. The van der Waals surface area contributed by atoms with Gasteiger partial charge in [-0.25, -0.2) is 9.59 Å². The van der Waals surface area contributed by atoms with Gasteiger partial charge in [0.05, 0.1) is 12.7 Å². The van der Waals surface area contributed by atoms with E-state index in [1.807, 2.05) is 41.5 Å². The number of nitrogens with zero attached hydrogens (tertiary/aromatic N) is 2. The van der Waals surface area contributed by atoms with Crippen molar-refractivity contribution >= 4 is 23.4 Å². The van der Waals surface area contributed by atoms with Crippen molar-refractivity contribution in [1.82, 2.24) is 4.90 Å². The van der Waals surface area contributed by atoms with Crippen LogP contribution in [0.15, 0.2) is 0 Å². The number of nitrogen functional groups attached to an aromatic ring is 1. The first-order valence-corrected chi connectivity index (χ1v) is 9.18. The van der Waals surface area contributed by atoms with E-state index >= 15 is 0 Å². The van der Waals surface area contributed by atoms with Crippen LogP contribution in [0.3, 0.4) is 0 Å². The third kappa shape index (κ3) is 4.28. The molecule has 0 radical (unpaired) electrons. The van der Waals surface area contributed by atoms with Crippen LogP contribution in [-0.4, -0.2) is 55.9 Å². The molecule has 2 N–H and O–H groups in total. The SMILES string of the molecule is COC(=O)c1c(C)c(N)c(C)c(N2CCN(C(=O)OC(C)(C)C)CC2)c1C. The molecule has 1 aromatic rings. The Hall–Kier alpha value is -2.44. The van der Waals surface area contributed by atoms with Gasteiger partial charge in [-0.3, -0.25) is 0 Å². The molecule has 1 fully saturated rings. The smallest absolute Gasteiger partial charge is 0.410 e. The molecule has 0 saturated carbocycles. The van der Waals surface area contributed by atoms with Crippen molar-refractivity contribution in [2.75, 3.05) is 43.9 Å². The van der Waals surface area contributed by atoms with Gasteiger partial charge in [-0.2, -0.15) is 0 Å². The molecule has 7 nitrogen and oxygen atoms in total. The molecule has 1 amide bonds. The molecule has 7 heteroatoms. The van der Waals surface area contributed by atoms with E-state index in [1.54, 1.807) is 4.90 Å². The first-order valence-electron chi connectivity index (χ1n) is 9.18. The second kappa shape index (κ2) is 7.66. The minimum atomic E-state index is -0.512. The summed E-state index contributed by atoms with van der Waals surface area (Å²) in [5.74, 6) is -0.384. The molecule has 1 aliphatic heterocycles. The number of ether oxygens (including phenoxy) is 2. The molecule has 2 rings (SSSR count). The Morgan fingerprint density at radius 1 is 0.963 bits per heavy atom. The average molecular weight is 377 g/mol. The molecular weight excluding hydrogens is 346 g/mol. The maximum absolute atomic E-state index is 12.3. The highest BCUT2D eigenvalue weighted by Crippen LogP contribution is 2.36. The van der Waals surface area contributed by atoms with Crippen molar-refractivity contribution in [3.05, 3.63) is 22.3 Å². The van der Waals surface area contributed by atoms with Crippen LogP contribution in [0.25, 0.3) is 0 Å². The molecule has 0 atom stereocenters. The minimum Gasteiger partial charge on any atom is -0.465 e. The van der Waals surface area contributed by atoms with Crippen molar-refractivity contribution in [2.45, 2.75) is 47.1 Å². The van der Waals surface area contributed by atoms with Crippen LogP contribution in [0.5, 0.6) is 0 Å². The molecule has 0 unspecified atom stereocenters. The highest BCUT2D eigenvalue weighted by molar-refractivity contribution is 5.97. The van der Waals surface area contributed by atoms with Gasteiger partial charge < -0.3 is 25.0 Å². The second-order valence-corrected chi connectivity index (χ2v) is 7.96. The number of carbonyl (C=O) groups excluding carboxylic acids is 2. The number of benzene rings is 1. The summed E-state index contributed by atoms with van der Waals surface area (Å²) in [6.45, 7) is 13.7. The van der Waals surface area contributed by atoms with Gasteiger partial charge in [0.25, 0.3) is 0 Å². The van der Waals surface area contributed by atoms with Crippen molar-refractivity contribution in [3.8, 4) is 0 Å². The number of carbonyl (C=O) groups is 2. The summed E-state index contributed by atoms with van der Waals surface area (Å²) in [6, 6.07) is 0. The maximum Gasteiger partial charge on any atom is 0.410 e. The first-order chi connectivity index (χ1) is 12.5. The number of methoxy groups -OCH3 is 1. The van der Waals surface area contributed by atoms with Gasteiger partial charge in [0.2, 0.25) is 0 Å². The molecule has 150 valence electrons. The van der Waals surface area contributed by atoms with Gasteiger partial charge in [0.1, 0.15) is 5.60 Å². The lowest BCUT2D eigenvalue weighted by Crippen LogP contribution is -2.50. The Morgan fingerprint density at radius 3 is 2.00 bits per heavy atom. The molecule has 0 bridgehead atoms. The van der Waals surface area contributed by atoms with E-state index in [4.69, 9.17) is 15.2 Å². The van der Waals surface area contributed by atoms with Gasteiger partial charge >= 0.3 is 12.1 Å². The summed E-state index contributed by atoms with van der Waals surface area (Å²) in [4.78, 5) is 28.4. The summed E-state index contributed by atoms with van der Waals surface area (Å²) >= 11 is 0. The van der Waals surface area contributed by atoms with E-state index in [2.05, 4.69) is 4.90 Å². The molecule has 0 aliphatic carbocycles. The topological polar surface area (TPSA) is 85.1 Å². The molecule has 1 aromatic carbocycles. The van der Waals surface area contributed by atoms with Crippen LogP contribution < -0.4 is 10.6 Å². The number of esters is 1. The van der Waals surface area contributed by atoms with Crippen LogP contribution >= 0.6 is 0 Å². The van der Waals surface area contributed by atoms with Gasteiger partial charge in [-0.05, 0) is 58.2 Å². The highest BCUT2D eigenvalue weighted by Gasteiger charge is 2.29. The zero-order chi connectivity index (χ0) is 20.5. The van der Waals surface area contributed by atoms with Crippen LogP contribution in [0.1, 0.15) is 47.8 Å². The second-order valence-electron chi connectivity index (χ2n) is 7.96. The van der Waals surface area contributed by atoms with Crippen LogP contribution in [0, 0.1) is 20.8 Å². The highest BCUT2D eigenvalue weighted by atomic mass is 16.6. The largest absolute Gasteiger partial charge is 0.465 e. The third-order valence-corrected chi connectivity index (χ3v) is 4.91. The van der Waals surface area contributed by atoms with E-state index in [9.17, 15) is 9.59 Å². The van der Waals surface area contributed by atoms with Crippen molar-refractivity contribution in [3.63, 3.8) is 0 Å². The lowest BCUT2D eigenvalue weighted by Gasteiger charge is -2.38. The summed E-state index contributed by atoms with van der Waals surface area (Å²) in [5, 5.41) is 0. The summed E-state index contributed by atoms with van der Waals surface area (Å²) in [5.41, 5.74) is 10.4. The van der Waals surface area contributed by atoms with Crippen LogP contribution in [-0.2, 0) is 9.47 Å². The Kier molecular flexibility index (Phi) is 5.92. The average Bonchev–Trinajstić information content (AvgIpc) is 2.59. The molecule has 1 heterocycles. The number of hydrogen-bond donors (Lipinski definition) is 1. The van der Waals surface area contributed by atoms with Gasteiger partial charge in [0.15, 0.2) is 0 Å². The number of nitrogens with two attached hydrogens (primary N) is 1. The van der Waals surface area contributed by atoms with E-state index in [0.29, 0.717) is 37.4 Å². The Morgan fingerprint density at radius 2 is 1.52 bits per heavy atom. The van der Waals surface area contributed by atoms with Gasteiger partial charge in [0, 0.05) is 37.6 Å². The van der Waals surface area contributed by atoms with E-state index < -0.39 is 5.60 Å². The quantitative estimate of drug-likeness (QED) is 0.630. The van der Waals surface area contributed by atoms with Crippen molar-refractivity contribution < 1.29 is 19.1 Å². The fraction of sp³-hybridized carbons (Fsp3) is 0.600. The number of rotatable bonds is 2. The predicted octanol–water partition coefficient (Wildman–Crippen LogP) is 3.04. The molecule has 0 spiro atoms. The van der Waals surface area contributed by atoms with E-state index in [-0.39, 0.29) is 12.1 Å². The predicted molar refractivity (Wildman–Crippen MR) is 106 cm³/mol. The molecular formula is C20H31N3O4. The summed E-state index contributed by atoms with van der Waals surface area (Å²) in [6.07, 6.45) is -0.297. The Labute approximate surface area is 161 Å². The zero-order valence-corrected chi connectivity index (χ0v) is 17.4. The monoisotopic (exact) mass is 377 g/mol. The molecule has 1 saturated heterocycles. The number of amides is 1. The fourth-order valence-corrected chi connectivity index (χ4v) is 3.55. The number of anilines is 2. The Bertz CT molecular complexity index is 745. The van der Waals surface area contributed by atoms with Gasteiger partial charge in [-0.1, -0.05) is 0 Å². The fourth-order valence-electron chi connectivity index (χ4n) is 3.55. The Balaban J connectivity index is 2.27. The van der Waals surface area contributed by atoms with Gasteiger partial charge in [-0.15, -0.1) is 0 Å². The first kappa shape index (κ1) is 20.9. The van der Waals surface area contributed by atoms with Crippen LogP contribution in [0.4, 0.5) is 16.2 Å². The normalized spacial score (nSPS) is 14.9. The molecule has 27 heavy (non-hydrogen) atoms. The van der Waals surface area contributed by atoms with E-state index in [1.165, 1.54) is 7.11 Å². The van der Waals surface area contributed by atoms with Crippen LogP contribution in [0.2, 0.25) is 0 Å². The summed E-state index contributed by atoms with van der Waals surface area (Å²) < 4.78 is 10.4. The summed E-state index contributed by atoms with van der Waals surface area (Å²) in [7, 11) is 1.37. The van der Waals surface area contributed by atoms with Crippen molar-refractivity contribution in [1.29, 1.82) is 0 Å². The van der Waals surface area contributed by atoms with E-state index in [0.717, 1.165) is 22.4 Å². The number of hydrogen-bond acceptors (Lipinski definition) is 6. The molecule has 1 aliphatic rings. The maximum atomic E-state index is 12.3. The minimum absolute atomic E-state index is 0.297. The number of piperazine rings is 1. The van der Waals surface area contributed by atoms with Crippen molar-refractivity contribution in [2.24, 2.45) is 0 Å². The lowest BCUT2D eigenvalue weighted by atomic mass is 9.94. The third-order valence-electron chi connectivity index (χ3n) is 4.91. The zero-order valence-electron chi connectivity index (χ0n) is 17.4. The standard InChI is InChI=1S/C20H31N3O4/c1-12-15(18(24)26-7)13(2)17(14(3)16(12)21)22-8-10-23(11-9-22)19(25)27-20(4,5)6/h8-11,21H2,1-7H3.